The van der Waals surface area contributed by atoms with Crippen LogP contribution in [0.5, 0.6) is 0 Å². The maximum Gasteiger partial charge on any atom is 0.294 e. The molecule has 0 atom stereocenters. The molecule has 1 aromatic carbocycles. The van der Waals surface area contributed by atoms with Crippen LogP contribution in [0.1, 0.15) is 15.9 Å². The number of nitrogens with one attached hydrogen (secondary N) is 2. The Morgan fingerprint density at radius 1 is 1.14 bits per heavy atom. The summed E-state index contributed by atoms with van der Waals surface area (Å²) >= 11 is 0. The molecule has 0 aliphatic heterocycles. The van der Waals surface area contributed by atoms with E-state index in [1.165, 1.54) is 30.5 Å². The molecule has 28 heavy (non-hydrogen) atoms. The van der Waals surface area contributed by atoms with Crippen LogP contribution in [0.15, 0.2) is 57.7 Å². The van der Waals surface area contributed by atoms with Crippen molar-refractivity contribution in [1.82, 2.24) is 15.6 Å². The summed E-state index contributed by atoms with van der Waals surface area (Å²) in [5.74, 6) is 0.0121. The number of benzene rings is 1. The zero-order valence-corrected chi connectivity index (χ0v) is 15.9. The Kier molecular flexibility index (Phi) is 8.14. The molecule has 150 valence electrons. The highest BCUT2D eigenvalue weighted by Gasteiger charge is 2.14. The van der Waals surface area contributed by atoms with Gasteiger partial charge in [0.25, 0.3) is 16.0 Å². The van der Waals surface area contributed by atoms with E-state index in [0.717, 1.165) is 0 Å². The van der Waals surface area contributed by atoms with Gasteiger partial charge in [0.15, 0.2) is 5.82 Å². The van der Waals surface area contributed by atoms with Crippen molar-refractivity contribution in [2.75, 3.05) is 26.2 Å². The summed E-state index contributed by atoms with van der Waals surface area (Å²) in [5.41, 5.74) is 6.05. The van der Waals surface area contributed by atoms with Gasteiger partial charge >= 0.3 is 0 Å². The van der Waals surface area contributed by atoms with Crippen LogP contribution in [0.2, 0.25) is 0 Å². The van der Waals surface area contributed by atoms with Crippen molar-refractivity contribution >= 4 is 21.8 Å². The predicted molar refractivity (Wildman–Crippen MR) is 103 cm³/mol. The number of rotatable bonds is 10. The Hall–Kier alpha value is -2.73. The molecule has 0 fully saturated rings. The number of hydrogen-bond donors (Lipinski definition) is 4. The number of pyridine rings is 1. The summed E-state index contributed by atoms with van der Waals surface area (Å²) < 4.78 is 31.9. The van der Waals surface area contributed by atoms with Crippen molar-refractivity contribution in [1.29, 1.82) is 0 Å². The maximum atomic E-state index is 12.0. The van der Waals surface area contributed by atoms with Crippen LogP contribution < -0.4 is 16.4 Å². The van der Waals surface area contributed by atoms with Crippen molar-refractivity contribution in [3.8, 4) is 0 Å². The van der Waals surface area contributed by atoms with Crippen molar-refractivity contribution < 1.29 is 17.8 Å². The highest BCUT2D eigenvalue weighted by Crippen LogP contribution is 2.17. The highest BCUT2D eigenvalue weighted by atomic mass is 32.2. The van der Waals surface area contributed by atoms with Crippen LogP contribution in [0.3, 0.4) is 0 Å². The minimum absolute atomic E-state index is 0.0460. The molecule has 2 aromatic rings. The summed E-state index contributed by atoms with van der Waals surface area (Å²) in [6.45, 7) is 2.26. The lowest BCUT2D eigenvalue weighted by molar-refractivity contribution is 0.0953. The topological polar surface area (TPSA) is 159 Å². The number of amides is 1. The van der Waals surface area contributed by atoms with E-state index in [2.05, 4.69) is 25.8 Å². The molecular weight excluding hydrogens is 384 g/mol. The summed E-state index contributed by atoms with van der Waals surface area (Å²) in [5, 5.41) is 13.6. The third kappa shape index (κ3) is 6.78. The molecule has 0 spiro atoms. The minimum Gasteiger partial charge on any atom is -0.351 e. The number of hydrogen-bond acceptors (Lipinski definition) is 8. The van der Waals surface area contributed by atoms with E-state index >= 15 is 0 Å². The largest absolute Gasteiger partial charge is 0.351 e. The molecule has 1 aromatic heterocycles. The van der Waals surface area contributed by atoms with Crippen LogP contribution in [0.4, 0.5) is 5.82 Å². The Labute approximate surface area is 163 Å². The van der Waals surface area contributed by atoms with Crippen LogP contribution in [-0.2, 0) is 16.7 Å². The van der Waals surface area contributed by atoms with Crippen LogP contribution in [-0.4, -0.2) is 50.0 Å². The molecular formula is C17H22N6O4S. The van der Waals surface area contributed by atoms with Crippen LogP contribution >= 0.6 is 0 Å². The Morgan fingerprint density at radius 3 is 2.61 bits per heavy atom. The van der Waals surface area contributed by atoms with E-state index in [1.807, 2.05) is 0 Å². The molecule has 11 heteroatoms. The summed E-state index contributed by atoms with van der Waals surface area (Å²) in [6, 6.07) is 9.05. The number of aromatic nitrogens is 1. The number of carbonyl (C=O) groups is 1. The third-order valence-corrected chi connectivity index (χ3v) is 4.54. The smallest absolute Gasteiger partial charge is 0.294 e. The monoisotopic (exact) mass is 406 g/mol. The van der Waals surface area contributed by atoms with Gasteiger partial charge in [-0.15, -0.1) is 5.11 Å². The molecule has 1 heterocycles. The van der Waals surface area contributed by atoms with E-state index in [-0.39, 0.29) is 23.2 Å². The van der Waals surface area contributed by atoms with Crippen LogP contribution in [0.25, 0.3) is 0 Å². The van der Waals surface area contributed by atoms with Gasteiger partial charge in [0.05, 0.1) is 17.0 Å². The molecule has 0 aliphatic rings. The second-order valence-electron chi connectivity index (χ2n) is 5.68. The standard InChI is InChI=1S/C17H22N6O4S/c18-7-8-19-9-10-20-17(24)14-5-6-16(21-11-14)23-22-12-13-3-1-2-4-15(13)28(25,26)27/h1-6,11,19H,7-10,12,18H2,(H,20,24)(H,25,26,27). The lowest BCUT2D eigenvalue weighted by Gasteiger charge is -2.06. The van der Waals surface area contributed by atoms with Crippen molar-refractivity contribution in [2.45, 2.75) is 11.4 Å². The fourth-order valence-corrected chi connectivity index (χ4v) is 2.96. The van der Waals surface area contributed by atoms with Gasteiger partial charge in [0.2, 0.25) is 0 Å². The van der Waals surface area contributed by atoms with E-state index in [9.17, 15) is 17.8 Å². The fraction of sp³-hybridized carbons (Fsp3) is 0.294. The zero-order chi connectivity index (χ0) is 20.4. The van der Waals surface area contributed by atoms with Gasteiger partial charge in [-0.1, -0.05) is 18.2 Å². The van der Waals surface area contributed by atoms with Gasteiger partial charge in [-0.3, -0.25) is 9.35 Å². The summed E-state index contributed by atoms with van der Waals surface area (Å²) in [4.78, 5) is 15.8. The second-order valence-corrected chi connectivity index (χ2v) is 7.07. The first-order valence-corrected chi connectivity index (χ1v) is 9.94. The first-order chi connectivity index (χ1) is 13.4. The molecule has 0 saturated carbocycles. The van der Waals surface area contributed by atoms with E-state index in [1.54, 1.807) is 12.1 Å². The molecule has 0 unspecified atom stereocenters. The molecule has 2 rings (SSSR count). The molecule has 0 aliphatic carbocycles. The summed E-state index contributed by atoms with van der Waals surface area (Å²) in [7, 11) is -4.33. The average molecular weight is 406 g/mol. The zero-order valence-electron chi connectivity index (χ0n) is 15.1. The number of nitrogens with two attached hydrogens (primary N) is 1. The van der Waals surface area contributed by atoms with Gasteiger partial charge in [-0.2, -0.15) is 13.5 Å². The molecule has 0 radical (unpaired) electrons. The van der Waals surface area contributed by atoms with Gasteiger partial charge in [0, 0.05) is 32.4 Å². The Morgan fingerprint density at radius 2 is 1.93 bits per heavy atom. The quantitative estimate of drug-likeness (QED) is 0.259. The first-order valence-electron chi connectivity index (χ1n) is 8.49. The van der Waals surface area contributed by atoms with E-state index < -0.39 is 10.1 Å². The van der Waals surface area contributed by atoms with Crippen molar-refractivity contribution in [3.63, 3.8) is 0 Å². The normalized spacial score (nSPS) is 11.6. The molecule has 0 saturated heterocycles. The SMILES string of the molecule is NCCNCCNC(=O)c1ccc(N=NCc2ccccc2S(=O)(=O)O)nc1. The third-order valence-electron chi connectivity index (χ3n) is 3.58. The molecule has 0 bridgehead atoms. The number of azo groups is 1. The van der Waals surface area contributed by atoms with Gasteiger partial charge < -0.3 is 16.4 Å². The number of carbonyl (C=O) groups excluding carboxylic acids is 1. The molecule has 1 amide bonds. The second kappa shape index (κ2) is 10.6. The van der Waals surface area contributed by atoms with Gasteiger partial charge in [-0.25, -0.2) is 4.98 Å². The lowest BCUT2D eigenvalue weighted by atomic mass is 10.2. The maximum absolute atomic E-state index is 12.0. The van der Waals surface area contributed by atoms with Crippen molar-refractivity contribution in [3.05, 3.63) is 53.7 Å². The number of nitrogens with zero attached hydrogens (tertiary/aromatic N) is 3. The molecule has 10 nitrogen and oxygen atoms in total. The Balaban J connectivity index is 1.92. The lowest BCUT2D eigenvalue weighted by Crippen LogP contribution is -2.33. The highest BCUT2D eigenvalue weighted by molar-refractivity contribution is 7.85. The fourth-order valence-electron chi connectivity index (χ4n) is 2.24. The van der Waals surface area contributed by atoms with E-state index in [0.29, 0.717) is 37.3 Å². The molecule has 5 N–H and O–H groups in total. The minimum atomic E-state index is -4.33. The Bertz CT molecular complexity index is 915. The van der Waals surface area contributed by atoms with Gasteiger partial charge in [0.1, 0.15) is 0 Å². The van der Waals surface area contributed by atoms with Gasteiger partial charge in [-0.05, 0) is 23.8 Å². The average Bonchev–Trinajstić information content (AvgIpc) is 2.68. The first kappa shape index (κ1) is 21.6. The predicted octanol–water partition coefficient (Wildman–Crippen LogP) is 0.890. The van der Waals surface area contributed by atoms with Crippen LogP contribution in [0, 0.1) is 0 Å². The summed E-state index contributed by atoms with van der Waals surface area (Å²) in [6.07, 6.45) is 1.38. The van der Waals surface area contributed by atoms with Crippen molar-refractivity contribution in [2.24, 2.45) is 16.0 Å². The van der Waals surface area contributed by atoms with E-state index in [4.69, 9.17) is 5.73 Å².